The van der Waals surface area contributed by atoms with E-state index < -0.39 is 5.97 Å². The van der Waals surface area contributed by atoms with Gasteiger partial charge in [0.2, 0.25) is 5.91 Å². The molecule has 1 aromatic rings. The van der Waals surface area contributed by atoms with Gasteiger partial charge in [-0.15, -0.1) is 0 Å². The van der Waals surface area contributed by atoms with Gasteiger partial charge in [-0.25, -0.2) is 0 Å². The fourth-order valence-electron chi connectivity index (χ4n) is 1.95. The molecule has 5 nitrogen and oxygen atoms in total. The first kappa shape index (κ1) is 16.2. The molecule has 1 rings (SSSR count). The SMILES string of the molecule is CC(CCCNC(=O)C(CN)c1ccccc1)C(=O)O. The van der Waals surface area contributed by atoms with Crippen LogP contribution in [0.25, 0.3) is 0 Å². The van der Waals surface area contributed by atoms with Crippen molar-refractivity contribution < 1.29 is 14.7 Å². The van der Waals surface area contributed by atoms with Gasteiger partial charge in [-0.1, -0.05) is 37.3 Å². The first-order chi connectivity index (χ1) is 9.56. The highest BCUT2D eigenvalue weighted by molar-refractivity contribution is 5.83. The smallest absolute Gasteiger partial charge is 0.306 e. The maximum atomic E-state index is 12.0. The van der Waals surface area contributed by atoms with Gasteiger partial charge in [-0.2, -0.15) is 0 Å². The van der Waals surface area contributed by atoms with Gasteiger partial charge in [0.1, 0.15) is 0 Å². The Kier molecular flexibility index (Phi) is 6.73. The number of carbonyl (C=O) groups is 2. The summed E-state index contributed by atoms with van der Waals surface area (Å²) in [5.41, 5.74) is 6.55. The number of carbonyl (C=O) groups excluding carboxylic acids is 1. The van der Waals surface area contributed by atoms with Gasteiger partial charge in [0, 0.05) is 13.1 Å². The number of aliphatic carboxylic acids is 1. The highest BCUT2D eigenvalue weighted by Gasteiger charge is 2.18. The van der Waals surface area contributed by atoms with E-state index in [2.05, 4.69) is 5.32 Å². The van der Waals surface area contributed by atoms with E-state index in [1.165, 1.54) is 0 Å². The first-order valence-corrected chi connectivity index (χ1v) is 6.81. The molecule has 2 atom stereocenters. The van der Waals surface area contributed by atoms with Crippen molar-refractivity contribution in [2.24, 2.45) is 11.7 Å². The van der Waals surface area contributed by atoms with Crippen molar-refractivity contribution in [1.82, 2.24) is 5.32 Å². The van der Waals surface area contributed by atoms with Crippen LogP contribution >= 0.6 is 0 Å². The molecule has 0 saturated heterocycles. The van der Waals surface area contributed by atoms with E-state index in [0.717, 1.165) is 5.56 Å². The van der Waals surface area contributed by atoms with Crippen LogP contribution in [0.5, 0.6) is 0 Å². The molecule has 0 heterocycles. The molecule has 4 N–H and O–H groups in total. The number of hydrogen-bond acceptors (Lipinski definition) is 3. The van der Waals surface area contributed by atoms with Gasteiger partial charge in [0.05, 0.1) is 11.8 Å². The number of amides is 1. The second-order valence-corrected chi connectivity index (χ2v) is 4.87. The Balaban J connectivity index is 2.39. The molecule has 1 amide bonds. The lowest BCUT2D eigenvalue weighted by molar-refractivity contribution is -0.141. The van der Waals surface area contributed by atoms with E-state index in [0.29, 0.717) is 19.4 Å². The molecular weight excluding hydrogens is 256 g/mol. The van der Waals surface area contributed by atoms with Crippen LogP contribution in [0.15, 0.2) is 30.3 Å². The Labute approximate surface area is 119 Å². The summed E-state index contributed by atoms with van der Waals surface area (Å²) in [6, 6.07) is 9.40. The van der Waals surface area contributed by atoms with Gasteiger partial charge < -0.3 is 16.2 Å². The third-order valence-corrected chi connectivity index (χ3v) is 3.29. The van der Waals surface area contributed by atoms with Crippen LogP contribution in [0.4, 0.5) is 0 Å². The topological polar surface area (TPSA) is 92.4 Å². The molecule has 5 heteroatoms. The zero-order valence-corrected chi connectivity index (χ0v) is 11.7. The van der Waals surface area contributed by atoms with E-state index in [4.69, 9.17) is 10.8 Å². The second kappa shape index (κ2) is 8.32. The number of carboxylic acids is 1. The molecule has 20 heavy (non-hydrogen) atoms. The van der Waals surface area contributed by atoms with E-state index in [1.807, 2.05) is 30.3 Å². The summed E-state index contributed by atoms with van der Waals surface area (Å²) in [5, 5.41) is 11.6. The maximum absolute atomic E-state index is 12.0. The predicted molar refractivity (Wildman–Crippen MR) is 77.3 cm³/mol. The molecule has 2 unspecified atom stereocenters. The minimum Gasteiger partial charge on any atom is -0.481 e. The van der Waals surface area contributed by atoms with E-state index >= 15 is 0 Å². The normalized spacial score (nSPS) is 13.5. The summed E-state index contributed by atoms with van der Waals surface area (Å²) >= 11 is 0. The zero-order chi connectivity index (χ0) is 15.0. The summed E-state index contributed by atoms with van der Waals surface area (Å²) in [7, 11) is 0. The standard InChI is InChI=1S/C15H22N2O3/c1-11(15(19)20)6-5-9-17-14(18)13(10-16)12-7-3-2-4-8-12/h2-4,7-8,11,13H,5-6,9-10,16H2,1H3,(H,17,18)(H,19,20). The molecule has 0 fully saturated rings. The maximum Gasteiger partial charge on any atom is 0.306 e. The lowest BCUT2D eigenvalue weighted by Crippen LogP contribution is -2.34. The molecule has 0 spiro atoms. The Morgan fingerprint density at radius 2 is 1.95 bits per heavy atom. The van der Waals surface area contributed by atoms with Crippen LogP contribution < -0.4 is 11.1 Å². The average Bonchev–Trinajstić information content (AvgIpc) is 2.45. The first-order valence-electron chi connectivity index (χ1n) is 6.81. The molecule has 0 aromatic heterocycles. The van der Waals surface area contributed by atoms with Crippen molar-refractivity contribution in [1.29, 1.82) is 0 Å². The van der Waals surface area contributed by atoms with Crippen molar-refractivity contribution in [2.45, 2.75) is 25.7 Å². The van der Waals surface area contributed by atoms with Gasteiger partial charge in [-0.3, -0.25) is 9.59 Å². The molecular formula is C15H22N2O3. The van der Waals surface area contributed by atoms with E-state index in [9.17, 15) is 9.59 Å². The zero-order valence-electron chi connectivity index (χ0n) is 11.7. The molecule has 0 aliphatic carbocycles. The monoisotopic (exact) mass is 278 g/mol. The molecule has 0 radical (unpaired) electrons. The fraction of sp³-hybridized carbons (Fsp3) is 0.467. The highest BCUT2D eigenvalue weighted by atomic mass is 16.4. The molecule has 1 aromatic carbocycles. The Morgan fingerprint density at radius 1 is 1.30 bits per heavy atom. The van der Waals surface area contributed by atoms with Crippen molar-refractivity contribution in [3.8, 4) is 0 Å². The molecule has 0 saturated carbocycles. The van der Waals surface area contributed by atoms with E-state index in [-0.39, 0.29) is 24.3 Å². The lowest BCUT2D eigenvalue weighted by atomic mass is 9.98. The third kappa shape index (κ3) is 5.01. The molecule has 0 aliphatic heterocycles. The van der Waals surface area contributed by atoms with Crippen LogP contribution in [0, 0.1) is 5.92 Å². The van der Waals surface area contributed by atoms with Crippen molar-refractivity contribution >= 4 is 11.9 Å². The van der Waals surface area contributed by atoms with Crippen LogP contribution in [0.2, 0.25) is 0 Å². The molecule has 0 bridgehead atoms. The summed E-state index contributed by atoms with van der Waals surface area (Å²) in [6.45, 7) is 2.39. The number of hydrogen-bond donors (Lipinski definition) is 3. The Hall–Kier alpha value is -1.88. The highest BCUT2D eigenvalue weighted by Crippen LogP contribution is 2.14. The second-order valence-electron chi connectivity index (χ2n) is 4.87. The van der Waals surface area contributed by atoms with Crippen LogP contribution in [-0.2, 0) is 9.59 Å². The lowest BCUT2D eigenvalue weighted by Gasteiger charge is -2.15. The number of rotatable bonds is 8. The summed E-state index contributed by atoms with van der Waals surface area (Å²) in [5.74, 6) is -1.65. The summed E-state index contributed by atoms with van der Waals surface area (Å²) in [4.78, 5) is 22.7. The third-order valence-electron chi connectivity index (χ3n) is 3.29. The van der Waals surface area contributed by atoms with Crippen LogP contribution in [0.1, 0.15) is 31.2 Å². The van der Waals surface area contributed by atoms with Gasteiger partial charge in [0.25, 0.3) is 0 Å². The number of nitrogens with two attached hydrogens (primary N) is 1. The Morgan fingerprint density at radius 3 is 2.50 bits per heavy atom. The number of benzene rings is 1. The summed E-state index contributed by atoms with van der Waals surface area (Å²) < 4.78 is 0. The average molecular weight is 278 g/mol. The van der Waals surface area contributed by atoms with Gasteiger partial charge >= 0.3 is 5.97 Å². The predicted octanol–water partition coefficient (Wildman–Crippen LogP) is 1.35. The van der Waals surface area contributed by atoms with Crippen LogP contribution in [-0.4, -0.2) is 30.1 Å². The number of carboxylic acid groups (broad SMARTS) is 1. The largest absolute Gasteiger partial charge is 0.481 e. The van der Waals surface area contributed by atoms with Gasteiger partial charge in [0.15, 0.2) is 0 Å². The minimum atomic E-state index is -0.805. The van der Waals surface area contributed by atoms with Crippen molar-refractivity contribution in [2.75, 3.05) is 13.1 Å². The molecule has 0 aliphatic rings. The quantitative estimate of drug-likeness (QED) is 0.626. The van der Waals surface area contributed by atoms with Crippen molar-refractivity contribution in [3.63, 3.8) is 0 Å². The minimum absolute atomic E-state index is 0.110. The summed E-state index contributed by atoms with van der Waals surface area (Å²) in [6.07, 6.45) is 1.19. The van der Waals surface area contributed by atoms with E-state index in [1.54, 1.807) is 6.92 Å². The fourth-order valence-corrected chi connectivity index (χ4v) is 1.95. The molecule has 110 valence electrons. The number of nitrogens with one attached hydrogen (secondary N) is 1. The van der Waals surface area contributed by atoms with Gasteiger partial charge in [-0.05, 0) is 18.4 Å². The van der Waals surface area contributed by atoms with Crippen LogP contribution in [0.3, 0.4) is 0 Å². The van der Waals surface area contributed by atoms with Crippen molar-refractivity contribution in [3.05, 3.63) is 35.9 Å². The Bertz CT molecular complexity index is 434.